The fourth-order valence-corrected chi connectivity index (χ4v) is 1.51. The lowest BCUT2D eigenvalue weighted by atomic mass is 10.1. The lowest BCUT2D eigenvalue weighted by Crippen LogP contribution is -2.31. The molecule has 0 saturated carbocycles. The molecule has 0 radical (unpaired) electrons. The lowest BCUT2D eigenvalue weighted by Gasteiger charge is -2.13. The first kappa shape index (κ1) is 16.6. The Morgan fingerprint density at radius 2 is 2.19 bits per heavy atom. The van der Waals surface area contributed by atoms with Crippen LogP contribution in [0.25, 0.3) is 0 Å². The summed E-state index contributed by atoms with van der Waals surface area (Å²) in [5.41, 5.74) is 0.315. The third-order valence-electron chi connectivity index (χ3n) is 2.78. The van der Waals surface area contributed by atoms with E-state index in [1.54, 1.807) is 24.3 Å². The highest BCUT2D eigenvalue weighted by atomic mass is 16.5. The maximum atomic E-state index is 12.1. The maximum Gasteiger partial charge on any atom is 0.308 e. The molecule has 6 nitrogen and oxygen atoms in total. The molecule has 0 fully saturated rings. The van der Waals surface area contributed by atoms with Crippen molar-refractivity contribution in [3.8, 4) is 11.5 Å². The van der Waals surface area contributed by atoms with Crippen LogP contribution in [-0.2, 0) is 4.79 Å². The van der Waals surface area contributed by atoms with Crippen molar-refractivity contribution in [1.29, 1.82) is 0 Å². The largest absolute Gasteiger partial charge is 0.497 e. The molecule has 6 heteroatoms. The van der Waals surface area contributed by atoms with Crippen LogP contribution in [0.1, 0.15) is 17.3 Å². The maximum absolute atomic E-state index is 12.1. The van der Waals surface area contributed by atoms with Crippen LogP contribution < -0.4 is 14.8 Å². The second-order valence-corrected chi connectivity index (χ2v) is 4.41. The highest BCUT2D eigenvalue weighted by Gasteiger charge is 2.16. The molecule has 114 valence electrons. The number of nitrogens with one attached hydrogen (secondary N) is 1. The SMILES string of the molecule is C=CCOc1cc(OC)ccc1C(=O)NCC(C)C(=O)O. The molecule has 0 spiro atoms. The molecule has 0 saturated heterocycles. The van der Waals surface area contributed by atoms with Gasteiger partial charge in [-0.15, -0.1) is 0 Å². The molecule has 0 aliphatic heterocycles. The van der Waals surface area contributed by atoms with Gasteiger partial charge >= 0.3 is 5.97 Å². The first-order valence-corrected chi connectivity index (χ1v) is 6.42. The highest BCUT2D eigenvalue weighted by molar-refractivity contribution is 5.97. The summed E-state index contributed by atoms with van der Waals surface area (Å²) < 4.78 is 10.5. The summed E-state index contributed by atoms with van der Waals surface area (Å²) >= 11 is 0. The van der Waals surface area contributed by atoms with E-state index in [1.165, 1.54) is 14.0 Å². The van der Waals surface area contributed by atoms with Crippen molar-refractivity contribution in [2.45, 2.75) is 6.92 Å². The van der Waals surface area contributed by atoms with Crippen molar-refractivity contribution in [1.82, 2.24) is 5.32 Å². The van der Waals surface area contributed by atoms with E-state index in [0.717, 1.165) is 0 Å². The van der Waals surface area contributed by atoms with Crippen LogP contribution in [0, 0.1) is 5.92 Å². The van der Waals surface area contributed by atoms with Crippen molar-refractivity contribution in [3.05, 3.63) is 36.4 Å². The third-order valence-corrected chi connectivity index (χ3v) is 2.78. The van der Waals surface area contributed by atoms with E-state index >= 15 is 0 Å². The molecular formula is C15H19NO5. The Morgan fingerprint density at radius 3 is 2.76 bits per heavy atom. The molecule has 0 aromatic heterocycles. The molecule has 0 aliphatic rings. The van der Waals surface area contributed by atoms with Gasteiger partial charge in [0.25, 0.3) is 5.91 Å². The number of carbonyl (C=O) groups excluding carboxylic acids is 1. The van der Waals surface area contributed by atoms with E-state index in [9.17, 15) is 9.59 Å². The molecule has 0 heterocycles. The van der Waals surface area contributed by atoms with Crippen LogP contribution >= 0.6 is 0 Å². The number of hydrogen-bond acceptors (Lipinski definition) is 4. The molecule has 1 atom stereocenters. The van der Waals surface area contributed by atoms with Crippen molar-refractivity contribution in [3.63, 3.8) is 0 Å². The average Bonchev–Trinajstić information content (AvgIpc) is 2.49. The van der Waals surface area contributed by atoms with Crippen LogP contribution in [0.2, 0.25) is 0 Å². The smallest absolute Gasteiger partial charge is 0.308 e. The molecule has 1 amide bonds. The first-order valence-electron chi connectivity index (χ1n) is 6.42. The minimum absolute atomic E-state index is 0.0428. The normalized spacial score (nSPS) is 11.3. The van der Waals surface area contributed by atoms with Crippen LogP contribution in [0.15, 0.2) is 30.9 Å². The molecule has 1 aromatic rings. The zero-order valence-electron chi connectivity index (χ0n) is 12.1. The Bertz CT molecular complexity index is 527. The Hall–Kier alpha value is -2.50. The van der Waals surface area contributed by atoms with Gasteiger partial charge in [0.05, 0.1) is 18.6 Å². The number of amides is 1. The minimum atomic E-state index is -0.965. The average molecular weight is 293 g/mol. The van der Waals surface area contributed by atoms with E-state index < -0.39 is 17.8 Å². The molecule has 0 aliphatic carbocycles. The Balaban J connectivity index is 2.86. The quantitative estimate of drug-likeness (QED) is 0.713. The van der Waals surface area contributed by atoms with E-state index in [0.29, 0.717) is 17.1 Å². The van der Waals surface area contributed by atoms with Crippen molar-refractivity contribution in [2.75, 3.05) is 20.3 Å². The van der Waals surface area contributed by atoms with Crippen LogP contribution in [0.3, 0.4) is 0 Å². The fraction of sp³-hybridized carbons (Fsp3) is 0.333. The highest BCUT2D eigenvalue weighted by Crippen LogP contribution is 2.25. The number of carbonyl (C=O) groups is 2. The summed E-state index contributed by atoms with van der Waals surface area (Å²) in [6.45, 7) is 5.36. The van der Waals surface area contributed by atoms with Crippen molar-refractivity contribution in [2.24, 2.45) is 5.92 Å². The van der Waals surface area contributed by atoms with Crippen LogP contribution in [0.5, 0.6) is 11.5 Å². The van der Waals surface area contributed by atoms with Gasteiger partial charge in [-0.1, -0.05) is 19.6 Å². The first-order chi connectivity index (χ1) is 9.99. The predicted octanol–water partition coefficient (Wildman–Crippen LogP) is 1.71. The van der Waals surface area contributed by atoms with Crippen molar-refractivity contribution >= 4 is 11.9 Å². The Morgan fingerprint density at radius 1 is 1.48 bits per heavy atom. The summed E-state index contributed by atoms with van der Waals surface area (Å²) in [4.78, 5) is 22.8. The molecule has 1 unspecified atom stereocenters. The number of carboxylic acid groups (broad SMARTS) is 1. The topological polar surface area (TPSA) is 84.9 Å². The second kappa shape index (κ2) is 7.94. The number of aliphatic carboxylic acids is 1. The van der Waals surface area contributed by atoms with Crippen LogP contribution in [0.4, 0.5) is 0 Å². The summed E-state index contributed by atoms with van der Waals surface area (Å²) in [5.74, 6) is -1.11. The number of hydrogen-bond donors (Lipinski definition) is 2. The van der Waals surface area contributed by atoms with Gasteiger partial charge in [-0.2, -0.15) is 0 Å². The second-order valence-electron chi connectivity index (χ2n) is 4.41. The van der Waals surface area contributed by atoms with Crippen LogP contribution in [-0.4, -0.2) is 37.2 Å². The van der Waals surface area contributed by atoms with E-state index in [2.05, 4.69) is 11.9 Å². The van der Waals surface area contributed by atoms with E-state index in [-0.39, 0.29) is 13.2 Å². The number of benzene rings is 1. The predicted molar refractivity (Wildman–Crippen MR) is 77.8 cm³/mol. The van der Waals surface area contributed by atoms with Gasteiger partial charge in [0.15, 0.2) is 0 Å². The summed E-state index contributed by atoms with van der Waals surface area (Å²) in [7, 11) is 1.51. The van der Waals surface area contributed by atoms with Gasteiger partial charge in [0.1, 0.15) is 18.1 Å². The van der Waals surface area contributed by atoms with E-state index in [1.807, 2.05) is 0 Å². The summed E-state index contributed by atoms with van der Waals surface area (Å²) in [6.07, 6.45) is 1.56. The molecule has 21 heavy (non-hydrogen) atoms. The summed E-state index contributed by atoms with van der Waals surface area (Å²) in [6, 6.07) is 4.80. The monoisotopic (exact) mass is 293 g/mol. The van der Waals surface area contributed by atoms with Gasteiger partial charge < -0.3 is 19.9 Å². The zero-order valence-corrected chi connectivity index (χ0v) is 12.1. The Kier molecular flexibility index (Phi) is 6.26. The molecule has 1 rings (SSSR count). The van der Waals surface area contributed by atoms with Gasteiger partial charge in [0, 0.05) is 12.6 Å². The van der Waals surface area contributed by atoms with Gasteiger partial charge in [-0.3, -0.25) is 9.59 Å². The number of ether oxygens (including phenoxy) is 2. The molecule has 1 aromatic carbocycles. The standard InChI is InChI=1S/C15H19NO5/c1-4-7-21-13-8-11(20-3)5-6-12(13)14(17)16-9-10(2)15(18)19/h4-6,8,10H,1,7,9H2,2-3H3,(H,16,17)(H,18,19). The number of methoxy groups -OCH3 is 1. The number of carboxylic acids is 1. The third kappa shape index (κ3) is 4.83. The molecule has 0 bridgehead atoms. The van der Waals surface area contributed by atoms with Gasteiger partial charge in [-0.05, 0) is 12.1 Å². The number of rotatable bonds is 8. The fourth-order valence-electron chi connectivity index (χ4n) is 1.51. The molecule has 2 N–H and O–H groups in total. The van der Waals surface area contributed by atoms with Gasteiger partial charge in [-0.25, -0.2) is 0 Å². The van der Waals surface area contributed by atoms with E-state index in [4.69, 9.17) is 14.6 Å². The lowest BCUT2D eigenvalue weighted by molar-refractivity contribution is -0.140. The zero-order chi connectivity index (χ0) is 15.8. The van der Waals surface area contributed by atoms with Crippen molar-refractivity contribution < 1.29 is 24.2 Å². The summed E-state index contributed by atoms with van der Waals surface area (Å²) in [5, 5.41) is 11.4. The van der Waals surface area contributed by atoms with Gasteiger partial charge in [0.2, 0.25) is 0 Å². The molecular weight excluding hydrogens is 274 g/mol. The minimum Gasteiger partial charge on any atom is -0.497 e. The Labute approximate surface area is 123 Å².